The molecule has 0 spiro atoms. The van der Waals surface area contributed by atoms with Crippen LogP contribution in [0.4, 0.5) is 11.6 Å². The van der Waals surface area contributed by atoms with Crippen molar-refractivity contribution in [1.82, 2.24) is 9.97 Å². The number of anilines is 2. The fourth-order valence-corrected chi connectivity index (χ4v) is 2.65. The van der Waals surface area contributed by atoms with Crippen molar-refractivity contribution in [2.45, 2.75) is 20.3 Å². The summed E-state index contributed by atoms with van der Waals surface area (Å²) in [4.78, 5) is 8.49. The molecule has 0 amide bonds. The molecular formula is C12H21BrN4S. The third-order valence-corrected chi connectivity index (χ3v) is 4.05. The van der Waals surface area contributed by atoms with Crippen molar-refractivity contribution in [1.29, 1.82) is 0 Å². The van der Waals surface area contributed by atoms with E-state index < -0.39 is 0 Å². The first-order chi connectivity index (χ1) is 8.69. The van der Waals surface area contributed by atoms with Crippen LogP contribution in [0, 0.1) is 5.92 Å². The Bertz CT molecular complexity index is 362. The number of aromatic nitrogens is 2. The number of nitrogens with zero attached hydrogens (tertiary/aromatic N) is 2. The molecule has 0 fully saturated rings. The summed E-state index contributed by atoms with van der Waals surface area (Å²) in [6.45, 7) is 6.20. The molecule has 0 aliphatic carbocycles. The van der Waals surface area contributed by atoms with Crippen molar-refractivity contribution in [3.63, 3.8) is 0 Å². The van der Waals surface area contributed by atoms with Crippen molar-refractivity contribution in [3.05, 3.63) is 10.8 Å². The number of rotatable bonds is 8. The lowest BCUT2D eigenvalue weighted by atomic mass is 10.2. The molecule has 0 bridgehead atoms. The Labute approximate surface area is 122 Å². The van der Waals surface area contributed by atoms with Gasteiger partial charge in [-0.25, -0.2) is 9.97 Å². The average Bonchev–Trinajstić information content (AvgIpc) is 2.36. The Morgan fingerprint density at radius 1 is 1.33 bits per heavy atom. The maximum absolute atomic E-state index is 4.26. The molecule has 4 nitrogen and oxygen atoms in total. The summed E-state index contributed by atoms with van der Waals surface area (Å²) in [5, 5.41) is 6.64. The fraction of sp³-hybridized carbons (Fsp3) is 0.667. The van der Waals surface area contributed by atoms with E-state index in [4.69, 9.17) is 0 Å². The fourth-order valence-electron chi connectivity index (χ4n) is 1.47. The monoisotopic (exact) mass is 332 g/mol. The van der Waals surface area contributed by atoms with Crippen molar-refractivity contribution >= 4 is 39.3 Å². The van der Waals surface area contributed by atoms with E-state index in [1.165, 1.54) is 0 Å². The highest BCUT2D eigenvalue weighted by molar-refractivity contribution is 9.10. The van der Waals surface area contributed by atoms with Gasteiger partial charge < -0.3 is 10.6 Å². The van der Waals surface area contributed by atoms with Gasteiger partial charge in [0, 0.05) is 13.1 Å². The van der Waals surface area contributed by atoms with E-state index in [1.807, 2.05) is 11.8 Å². The normalized spacial score (nSPS) is 12.2. The number of hydrogen-bond acceptors (Lipinski definition) is 5. The summed E-state index contributed by atoms with van der Waals surface area (Å²) < 4.78 is 0.912. The van der Waals surface area contributed by atoms with Gasteiger partial charge in [-0.2, -0.15) is 11.8 Å². The van der Waals surface area contributed by atoms with E-state index in [2.05, 4.69) is 56.6 Å². The van der Waals surface area contributed by atoms with Gasteiger partial charge in [0.1, 0.15) is 22.4 Å². The molecule has 102 valence electrons. The molecule has 0 saturated heterocycles. The standard InChI is InChI=1S/C12H21BrN4S/c1-4-5-14-11-10(13)12(17-8-16-11)15-6-9(2)7-18-3/h8-9H,4-7H2,1-3H3,(H2,14,15,16,17). The predicted octanol–water partition coefficient (Wildman–Crippen LogP) is 3.47. The number of nitrogens with one attached hydrogen (secondary N) is 2. The van der Waals surface area contributed by atoms with E-state index in [-0.39, 0.29) is 0 Å². The van der Waals surface area contributed by atoms with Gasteiger partial charge >= 0.3 is 0 Å². The van der Waals surface area contributed by atoms with Gasteiger partial charge in [-0.15, -0.1) is 0 Å². The smallest absolute Gasteiger partial charge is 0.145 e. The van der Waals surface area contributed by atoms with Crippen molar-refractivity contribution in [3.8, 4) is 0 Å². The first-order valence-electron chi connectivity index (χ1n) is 6.16. The van der Waals surface area contributed by atoms with Gasteiger partial charge in [0.05, 0.1) is 0 Å². The van der Waals surface area contributed by atoms with E-state index >= 15 is 0 Å². The van der Waals surface area contributed by atoms with Crippen LogP contribution in [-0.4, -0.2) is 35.1 Å². The molecular weight excluding hydrogens is 312 g/mol. The first-order valence-corrected chi connectivity index (χ1v) is 8.34. The van der Waals surface area contributed by atoms with E-state index in [0.29, 0.717) is 5.92 Å². The summed E-state index contributed by atoms with van der Waals surface area (Å²) in [6.07, 6.45) is 4.79. The summed E-state index contributed by atoms with van der Waals surface area (Å²) in [6, 6.07) is 0. The van der Waals surface area contributed by atoms with Crippen LogP contribution in [0.25, 0.3) is 0 Å². The molecule has 0 aromatic carbocycles. The Balaban J connectivity index is 2.60. The summed E-state index contributed by atoms with van der Waals surface area (Å²) >= 11 is 5.41. The molecule has 0 radical (unpaired) electrons. The van der Waals surface area contributed by atoms with Crippen molar-refractivity contribution in [2.75, 3.05) is 35.7 Å². The zero-order chi connectivity index (χ0) is 13.4. The number of hydrogen-bond donors (Lipinski definition) is 2. The molecule has 1 heterocycles. The van der Waals surface area contributed by atoms with Crippen LogP contribution in [0.15, 0.2) is 10.8 Å². The zero-order valence-electron chi connectivity index (χ0n) is 11.2. The topological polar surface area (TPSA) is 49.8 Å². The lowest BCUT2D eigenvalue weighted by Crippen LogP contribution is -2.15. The molecule has 18 heavy (non-hydrogen) atoms. The average molecular weight is 333 g/mol. The molecule has 1 unspecified atom stereocenters. The second kappa shape index (κ2) is 8.58. The van der Waals surface area contributed by atoms with Crippen LogP contribution in [0.1, 0.15) is 20.3 Å². The maximum Gasteiger partial charge on any atom is 0.145 e. The zero-order valence-corrected chi connectivity index (χ0v) is 13.6. The molecule has 0 aliphatic rings. The van der Waals surface area contributed by atoms with Crippen LogP contribution in [0.2, 0.25) is 0 Å². The second-order valence-corrected chi connectivity index (χ2v) is 5.96. The van der Waals surface area contributed by atoms with Crippen molar-refractivity contribution < 1.29 is 0 Å². The van der Waals surface area contributed by atoms with Gasteiger partial charge in [-0.1, -0.05) is 13.8 Å². The molecule has 1 atom stereocenters. The lowest BCUT2D eigenvalue weighted by molar-refractivity contribution is 0.699. The quantitative estimate of drug-likeness (QED) is 0.763. The van der Waals surface area contributed by atoms with Gasteiger partial charge in [-0.3, -0.25) is 0 Å². The van der Waals surface area contributed by atoms with Gasteiger partial charge in [-0.05, 0) is 40.3 Å². The third-order valence-electron chi connectivity index (χ3n) is 2.40. The Morgan fingerprint density at radius 3 is 2.61 bits per heavy atom. The summed E-state index contributed by atoms with van der Waals surface area (Å²) in [7, 11) is 0. The van der Waals surface area contributed by atoms with Crippen LogP contribution in [0.5, 0.6) is 0 Å². The largest absolute Gasteiger partial charge is 0.369 e. The van der Waals surface area contributed by atoms with E-state index in [0.717, 1.165) is 41.4 Å². The van der Waals surface area contributed by atoms with Crippen molar-refractivity contribution in [2.24, 2.45) is 5.92 Å². The summed E-state index contributed by atoms with van der Waals surface area (Å²) in [5.74, 6) is 3.48. The van der Waals surface area contributed by atoms with Crippen LogP contribution >= 0.6 is 27.7 Å². The Morgan fingerprint density at radius 2 is 2.00 bits per heavy atom. The molecule has 0 saturated carbocycles. The minimum atomic E-state index is 0.619. The number of thioether (sulfide) groups is 1. The molecule has 2 N–H and O–H groups in total. The maximum atomic E-state index is 4.26. The second-order valence-electron chi connectivity index (χ2n) is 4.25. The first kappa shape index (κ1) is 15.6. The lowest BCUT2D eigenvalue weighted by Gasteiger charge is -2.14. The predicted molar refractivity (Wildman–Crippen MR) is 84.5 cm³/mol. The van der Waals surface area contributed by atoms with E-state index in [9.17, 15) is 0 Å². The van der Waals surface area contributed by atoms with Gasteiger partial charge in [0.15, 0.2) is 0 Å². The van der Waals surface area contributed by atoms with Crippen LogP contribution in [-0.2, 0) is 0 Å². The Hall–Kier alpha value is -0.490. The molecule has 6 heteroatoms. The minimum absolute atomic E-state index is 0.619. The molecule has 1 aromatic rings. The highest BCUT2D eigenvalue weighted by atomic mass is 79.9. The third kappa shape index (κ3) is 5.02. The van der Waals surface area contributed by atoms with Crippen LogP contribution < -0.4 is 10.6 Å². The van der Waals surface area contributed by atoms with E-state index in [1.54, 1.807) is 6.33 Å². The molecule has 1 rings (SSSR count). The van der Waals surface area contributed by atoms with Gasteiger partial charge in [0.25, 0.3) is 0 Å². The SMILES string of the molecule is CCCNc1ncnc(NCC(C)CSC)c1Br. The summed E-state index contributed by atoms with van der Waals surface area (Å²) in [5.41, 5.74) is 0. The minimum Gasteiger partial charge on any atom is -0.369 e. The van der Waals surface area contributed by atoms with Gasteiger partial charge in [0.2, 0.25) is 0 Å². The van der Waals surface area contributed by atoms with Crippen LogP contribution in [0.3, 0.4) is 0 Å². The highest BCUT2D eigenvalue weighted by Gasteiger charge is 2.09. The molecule has 0 aliphatic heterocycles. The molecule has 1 aromatic heterocycles. The number of halogens is 1. The Kier molecular flexibility index (Phi) is 7.42. The highest BCUT2D eigenvalue weighted by Crippen LogP contribution is 2.26.